The summed E-state index contributed by atoms with van der Waals surface area (Å²) in [5, 5.41) is 6.81. The van der Waals surface area contributed by atoms with Crippen molar-refractivity contribution in [2.24, 2.45) is 5.73 Å². The number of rotatable bonds is 15. The van der Waals surface area contributed by atoms with Gasteiger partial charge in [-0.2, -0.15) is 0 Å². The Balaban J connectivity index is 3.02. The van der Waals surface area contributed by atoms with Crippen molar-refractivity contribution >= 4 is 0 Å². The lowest BCUT2D eigenvalue weighted by molar-refractivity contribution is 0.446. The monoisotopic (exact) mass is 271 g/mol. The van der Waals surface area contributed by atoms with E-state index in [0.717, 1.165) is 13.1 Å². The maximum absolute atomic E-state index is 5.45. The van der Waals surface area contributed by atoms with Crippen LogP contribution in [0.4, 0.5) is 0 Å². The zero-order valence-electron chi connectivity index (χ0n) is 13.3. The van der Waals surface area contributed by atoms with Crippen molar-refractivity contribution in [3.63, 3.8) is 0 Å². The van der Waals surface area contributed by atoms with Gasteiger partial charge in [-0.1, -0.05) is 64.7 Å². The highest BCUT2D eigenvalue weighted by Crippen LogP contribution is 2.10. The van der Waals surface area contributed by atoms with Gasteiger partial charge in [-0.25, -0.2) is 0 Å². The van der Waals surface area contributed by atoms with Gasteiger partial charge in [0, 0.05) is 13.1 Å². The van der Waals surface area contributed by atoms with E-state index in [1.165, 1.54) is 64.2 Å². The van der Waals surface area contributed by atoms with E-state index in [1.807, 2.05) is 0 Å². The molecule has 0 heterocycles. The molecule has 0 radical (unpaired) electrons. The number of hydrogen-bond donors (Lipinski definition) is 3. The molecule has 0 aromatic carbocycles. The van der Waals surface area contributed by atoms with Crippen LogP contribution >= 0.6 is 0 Å². The number of nitrogens with two attached hydrogens (primary N) is 1. The summed E-state index contributed by atoms with van der Waals surface area (Å²) in [5.41, 5.74) is 5.45. The van der Waals surface area contributed by atoms with Crippen molar-refractivity contribution in [1.82, 2.24) is 10.6 Å². The SMILES string of the molecule is CCCCCCCCCCCCNC(C)NCCN. The second kappa shape index (κ2) is 15.9. The lowest BCUT2D eigenvalue weighted by atomic mass is 10.1. The molecule has 116 valence electrons. The van der Waals surface area contributed by atoms with Crippen LogP contribution < -0.4 is 16.4 Å². The Labute approximate surface area is 121 Å². The highest BCUT2D eigenvalue weighted by Gasteiger charge is 1.98. The summed E-state index contributed by atoms with van der Waals surface area (Å²) in [4.78, 5) is 0. The predicted octanol–water partition coefficient (Wildman–Crippen LogP) is 3.39. The summed E-state index contributed by atoms with van der Waals surface area (Å²) in [6, 6.07) is 0. The average Bonchev–Trinajstić information content (AvgIpc) is 2.42. The molecule has 0 rings (SSSR count). The quantitative estimate of drug-likeness (QED) is 0.316. The van der Waals surface area contributed by atoms with Crippen molar-refractivity contribution in [1.29, 1.82) is 0 Å². The Kier molecular flexibility index (Phi) is 15.8. The predicted molar refractivity (Wildman–Crippen MR) is 86.4 cm³/mol. The average molecular weight is 271 g/mol. The van der Waals surface area contributed by atoms with Gasteiger partial charge in [0.05, 0.1) is 6.17 Å². The van der Waals surface area contributed by atoms with Crippen LogP contribution in [0.1, 0.15) is 78.1 Å². The van der Waals surface area contributed by atoms with E-state index in [-0.39, 0.29) is 0 Å². The molecule has 0 amide bonds. The first-order chi connectivity index (χ1) is 9.31. The number of nitrogens with one attached hydrogen (secondary N) is 2. The number of hydrogen-bond acceptors (Lipinski definition) is 3. The molecule has 1 unspecified atom stereocenters. The van der Waals surface area contributed by atoms with Crippen molar-refractivity contribution in [3.05, 3.63) is 0 Å². The molecule has 3 heteroatoms. The Bertz CT molecular complexity index is 162. The molecule has 0 aliphatic heterocycles. The van der Waals surface area contributed by atoms with Crippen LogP contribution in [0.5, 0.6) is 0 Å². The maximum Gasteiger partial charge on any atom is 0.0542 e. The lowest BCUT2D eigenvalue weighted by Gasteiger charge is -2.14. The van der Waals surface area contributed by atoms with Crippen LogP contribution in [0.15, 0.2) is 0 Å². The minimum atomic E-state index is 0.391. The third-order valence-corrected chi connectivity index (χ3v) is 3.58. The van der Waals surface area contributed by atoms with Gasteiger partial charge in [-0.15, -0.1) is 0 Å². The summed E-state index contributed by atoms with van der Waals surface area (Å²) in [6.07, 6.45) is 14.4. The zero-order valence-corrected chi connectivity index (χ0v) is 13.3. The van der Waals surface area contributed by atoms with Crippen molar-refractivity contribution in [2.75, 3.05) is 19.6 Å². The van der Waals surface area contributed by atoms with E-state index in [0.29, 0.717) is 12.7 Å². The first-order valence-electron chi connectivity index (χ1n) is 8.48. The first kappa shape index (κ1) is 18.9. The second-order valence-corrected chi connectivity index (χ2v) is 5.60. The Hall–Kier alpha value is -0.120. The van der Waals surface area contributed by atoms with E-state index in [2.05, 4.69) is 24.5 Å². The van der Waals surface area contributed by atoms with Crippen LogP contribution in [0.3, 0.4) is 0 Å². The van der Waals surface area contributed by atoms with Crippen LogP contribution in [0.2, 0.25) is 0 Å². The molecule has 0 fully saturated rings. The molecule has 1 atom stereocenters. The van der Waals surface area contributed by atoms with Gasteiger partial charge in [0.25, 0.3) is 0 Å². The Morgan fingerprint density at radius 2 is 1.21 bits per heavy atom. The van der Waals surface area contributed by atoms with Gasteiger partial charge in [0.15, 0.2) is 0 Å². The van der Waals surface area contributed by atoms with Gasteiger partial charge in [0.2, 0.25) is 0 Å². The molecular weight excluding hydrogens is 234 g/mol. The summed E-state index contributed by atoms with van der Waals surface area (Å²) >= 11 is 0. The van der Waals surface area contributed by atoms with Gasteiger partial charge < -0.3 is 16.4 Å². The lowest BCUT2D eigenvalue weighted by Crippen LogP contribution is -2.42. The Morgan fingerprint density at radius 3 is 1.74 bits per heavy atom. The van der Waals surface area contributed by atoms with E-state index in [4.69, 9.17) is 5.73 Å². The van der Waals surface area contributed by atoms with Crippen LogP contribution in [0.25, 0.3) is 0 Å². The zero-order chi connectivity index (χ0) is 14.2. The smallest absolute Gasteiger partial charge is 0.0542 e. The minimum Gasteiger partial charge on any atom is -0.329 e. The molecule has 0 aliphatic carbocycles. The summed E-state index contributed by atoms with van der Waals surface area (Å²) in [5.74, 6) is 0. The molecule has 0 saturated heterocycles. The topological polar surface area (TPSA) is 50.1 Å². The van der Waals surface area contributed by atoms with Crippen LogP contribution in [-0.4, -0.2) is 25.8 Å². The summed E-state index contributed by atoms with van der Waals surface area (Å²) < 4.78 is 0. The fourth-order valence-electron chi connectivity index (χ4n) is 2.30. The minimum absolute atomic E-state index is 0.391. The van der Waals surface area contributed by atoms with E-state index >= 15 is 0 Å². The van der Waals surface area contributed by atoms with E-state index < -0.39 is 0 Å². The molecule has 19 heavy (non-hydrogen) atoms. The number of unbranched alkanes of at least 4 members (excludes halogenated alkanes) is 9. The first-order valence-corrected chi connectivity index (χ1v) is 8.48. The highest BCUT2D eigenvalue weighted by molar-refractivity contribution is 4.58. The molecule has 0 saturated carbocycles. The van der Waals surface area contributed by atoms with Crippen molar-refractivity contribution in [3.8, 4) is 0 Å². The molecule has 0 bridgehead atoms. The van der Waals surface area contributed by atoms with Crippen LogP contribution in [0, 0.1) is 0 Å². The Morgan fingerprint density at radius 1 is 0.737 bits per heavy atom. The van der Waals surface area contributed by atoms with Gasteiger partial charge >= 0.3 is 0 Å². The largest absolute Gasteiger partial charge is 0.329 e. The van der Waals surface area contributed by atoms with Crippen molar-refractivity contribution in [2.45, 2.75) is 84.2 Å². The fourth-order valence-corrected chi connectivity index (χ4v) is 2.30. The van der Waals surface area contributed by atoms with E-state index in [1.54, 1.807) is 0 Å². The molecule has 3 nitrogen and oxygen atoms in total. The van der Waals surface area contributed by atoms with Crippen LogP contribution in [-0.2, 0) is 0 Å². The molecule has 0 aromatic rings. The second-order valence-electron chi connectivity index (χ2n) is 5.60. The maximum atomic E-state index is 5.45. The van der Waals surface area contributed by atoms with Gasteiger partial charge in [0.1, 0.15) is 0 Å². The van der Waals surface area contributed by atoms with Gasteiger partial charge in [-0.3, -0.25) is 0 Å². The normalized spacial score (nSPS) is 12.8. The third-order valence-electron chi connectivity index (χ3n) is 3.58. The molecule has 0 spiro atoms. The highest BCUT2D eigenvalue weighted by atomic mass is 15.1. The van der Waals surface area contributed by atoms with Gasteiger partial charge in [-0.05, 0) is 19.9 Å². The molecule has 0 aliphatic rings. The standard InChI is InChI=1S/C16H37N3/c1-3-4-5-6-7-8-9-10-11-12-14-18-16(2)19-15-13-17/h16,18-19H,3-15,17H2,1-2H3. The summed E-state index contributed by atoms with van der Waals surface area (Å²) in [7, 11) is 0. The third kappa shape index (κ3) is 15.8. The van der Waals surface area contributed by atoms with E-state index in [9.17, 15) is 0 Å². The molecular formula is C16H37N3. The molecule has 0 aromatic heterocycles. The molecule has 4 N–H and O–H groups in total. The fraction of sp³-hybridized carbons (Fsp3) is 1.00. The summed E-state index contributed by atoms with van der Waals surface area (Å²) in [6.45, 7) is 7.16. The van der Waals surface area contributed by atoms with Crippen molar-refractivity contribution < 1.29 is 0 Å².